The predicted molar refractivity (Wildman–Crippen MR) is 128 cm³/mol. The number of hydrogen-bond acceptors (Lipinski definition) is 7. The molecule has 10 nitrogen and oxygen atoms in total. The van der Waals surface area contributed by atoms with Gasteiger partial charge in [0.2, 0.25) is 10.0 Å². The number of benzene rings is 2. The van der Waals surface area contributed by atoms with E-state index in [1.54, 1.807) is 39.0 Å². The number of esters is 1. The fourth-order valence-corrected chi connectivity index (χ4v) is 4.78. The lowest BCUT2D eigenvalue weighted by atomic mass is 10.2. The molecule has 0 radical (unpaired) electrons. The van der Waals surface area contributed by atoms with Crippen LogP contribution in [-0.4, -0.2) is 48.7 Å². The van der Waals surface area contributed by atoms with Crippen LogP contribution in [0.25, 0.3) is 6.08 Å². The molecule has 1 unspecified atom stereocenters. The number of non-ortho nitro benzene ring substituents is 1. The fourth-order valence-electron chi connectivity index (χ4n) is 3.08. The predicted octanol–water partition coefficient (Wildman–Crippen LogP) is 3.52. The molecule has 0 aliphatic rings. The second kappa shape index (κ2) is 11.5. The smallest absolute Gasteiger partial charge is 0.331 e. The van der Waals surface area contributed by atoms with Crippen LogP contribution in [0, 0.1) is 17.0 Å². The monoisotopic (exact) mass is 489 g/mol. The second-order valence-corrected chi connectivity index (χ2v) is 9.23. The maximum Gasteiger partial charge on any atom is 0.331 e. The van der Waals surface area contributed by atoms with Crippen LogP contribution in [0.5, 0.6) is 0 Å². The summed E-state index contributed by atoms with van der Waals surface area (Å²) in [6.45, 7) is 7.14. The second-order valence-electron chi connectivity index (χ2n) is 7.32. The molecule has 2 rings (SSSR count). The number of nitro benzene ring substituents is 1. The average Bonchev–Trinajstić information content (AvgIpc) is 2.79. The number of amides is 1. The molecule has 0 saturated heterocycles. The van der Waals surface area contributed by atoms with E-state index in [0.29, 0.717) is 24.2 Å². The Kier molecular flexibility index (Phi) is 9.04. The molecule has 0 aromatic heterocycles. The van der Waals surface area contributed by atoms with E-state index in [4.69, 9.17) is 4.74 Å². The quantitative estimate of drug-likeness (QED) is 0.233. The standard InChI is InChI=1S/C23H27N3O7S/c1-5-25(6-2)34(31,32)21-15-19(12-10-16(21)3)24-23(28)17(4)33-22(27)13-11-18-8-7-9-20(14-18)26(29)30/h7-15,17H,5-6H2,1-4H3,(H,24,28). The van der Waals surface area contributed by atoms with Crippen molar-refractivity contribution in [1.82, 2.24) is 4.31 Å². The van der Waals surface area contributed by atoms with Crippen LogP contribution in [0.4, 0.5) is 11.4 Å². The summed E-state index contributed by atoms with van der Waals surface area (Å²) in [5.74, 6) is -1.46. The number of rotatable bonds is 10. The Morgan fingerprint density at radius 1 is 1.18 bits per heavy atom. The van der Waals surface area contributed by atoms with Crippen LogP contribution in [0.15, 0.2) is 53.4 Å². The minimum Gasteiger partial charge on any atom is -0.449 e. The average molecular weight is 490 g/mol. The van der Waals surface area contributed by atoms with E-state index in [9.17, 15) is 28.1 Å². The van der Waals surface area contributed by atoms with Crippen molar-refractivity contribution in [3.8, 4) is 0 Å². The molecule has 2 aromatic carbocycles. The first-order chi connectivity index (χ1) is 16.0. The van der Waals surface area contributed by atoms with Crippen LogP contribution in [0.2, 0.25) is 0 Å². The summed E-state index contributed by atoms with van der Waals surface area (Å²) in [5.41, 5.74) is 1.08. The summed E-state index contributed by atoms with van der Waals surface area (Å²) in [7, 11) is -3.73. The van der Waals surface area contributed by atoms with Gasteiger partial charge in [0, 0.05) is 37.0 Å². The van der Waals surface area contributed by atoms with Gasteiger partial charge in [-0.2, -0.15) is 4.31 Å². The molecule has 2 aromatic rings. The summed E-state index contributed by atoms with van der Waals surface area (Å²) in [5, 5.41) is 13.4. The zero-order chi connectivity index (χ0) is 25.5. The SMILES string of the molecule is CCN(CC)S(=O)(=O)c1cc(NC(=O)C(C)OC(=O)C=Cc2cccc([N+](=O)[O-])c2)ccc1C. The first-order valence-electron chi connectivity index (χ1n) is 10.5. The molecule has 182 valence electrons. The molecule has 0 fully saturated rings. The topological polar surface area (TPSA) is 136 Å². The molecule has 0 bridgehead atoms. The van der Waals surface area contributed by atoms with E-state index in [2.05, 4.69) is 5.32 Å². The van der Waals surface area contributed by atoms with Gasteiger partial charge in [-0.3, -0.25) is 14.9 Å². The van der Waals surface area contributed by atoms with Crippen molar-refractivity contribution < 1.29 is 27.7 Å². The summed E-state index contributed by atoms with van der Waals surface area (Å²) >= 11 is 0. The molecule has 1 atom stereocenters. The van der Waals surface area contributed by atoms with Gasteiger partial charge in [0.1, 0.15) is 0 Å². The van der Waals surface area contributed by atoms with Crippen LogP contribution in [0.1, 0.15) is 31.9 Å². The highest BCUT2D eigenvalue weighted by atomic mass is 32.2. The lowest BCUT2D eigenvalue weighted by molar-refractivity contribution is -0.384. The molecule has 0 heterocycles. The third kappa shape index (κ3) is 6.72. The summed E-state index contributed by atoms with van der Waals surface area (Å²) < 4.78 is 32.2. The third-order valence-electron chi connectivity index (χ3n) is 4.93. The minimum absolute atomic E-state index is 0.0820. The fraction of sp³-hybridized carbons (Fsp3) is 0.304. The minimum atomic E-state index is -3.73. The number of nitrogens with zero attached hydrogens (tertiary/aromatic N) is 2. The molecule has 0 saturated carbocycles. The Balaban J connectivity index is 2.08. The summed E-state index contributed by atoms with van der Waals surface area (Å²) in [6.07, 6.45) is 1.22. The maximum atomic E-state index is 12.9. The van der Waals surface area contributed by atoms with Crippen molar-refractivity contribution in [2.24, 2.45) is 0 Å². The van der Waals surface area contributed by atoms with E-state index < -0.39 is 32.9 Å². The van der Waals surface area contributed by atoms with Gasteiger partial charge < -0.3 is 10.1 Å². The van der Waals surface area contributed by atoms with E-state index >= 15 is 0 Å². The number of carbonyl (C=O) groups excluding carboxylic acids is 2. The highest BCUT2D eigenvalue weighted by molar-refractivity contribution is 7.89. The number of sulfonamides is 1. The van der Waals surface area contributed by atoms with Gasteiger partial charge >= 0.3 is 5.97 Å². The Labute approximate surface area is 198 Å². The van der Waals surface area contributed by atoms with Gasteiger partial charge in [-0.25, -0.2) is 13.2 Å². The van der Waals surface area contributed by atoms with Crippen molar-refractivity contribution in [2.45, 2.75) is 38.7 Å². The number of aryl methyl sites for hydroxylation is 1. The number of anilines is 1. The van der Waals surface area contributed by atoms with Gasteiger partial charge in [-0.05, 0) is 43.2 Å². The highest BCUT2D eigenvalue weighted by Gasteiger charge is 2.24. The van der Waals surface area contributed by atoms with Gasteiger partial charge in [0.25, 0.3) is 11.6 Å². The van der Waals surface area contributed by atoms with Gasteiger partial charge in [0.05, 0.1) is 9.82 Å². The van der Waals surface area contributed by atoms with E-state index in [0.717, 1.165) is 6.08 Å². The number of ether oxygens (including phenoxy) is 1. The largest absolute Gasteiger partial charge is 0.449 e. The van der Waals surface area contributed by atoms with Gasteiger partial charge in [-0.15, -0.1) is 0 Å². The van der Waals surface area contributed by atoms with Crippen molar-refractivity contribution in [3.63, 3.8) is 0 Å². The normalized spacial score (nSPS) is 12.5. The molecule has 0 aliphatic carbocycles. The molecule has 1 amide bonds. The summed E-state index contributed by atoms with van der Waals surface area (Å²) in [4.78, 5) is 34.9. The van der Waals surface area contributed by atoms with Crippen molar-refractivity contribution >= 4 is 39.4 Å². The first kappa shape index (κ1) is 26.7. The third-order valence-corrected chi connectivity index (χ3v) is 7.13. The van der Waals surface area contributed by atoms with Crippen molar-refractivity contribution in [3.05, 3.63) is 69.8 Å². The van der Waals surface area contributed by atoms with E-state index in [1.807, 2.05) is 0 Å². The Hall–Kier alpha value is -3.57. The van der Waals surface area contributed by atoms with Gasteiger partial charge in [0.15, 0.2) is 6.10 Å². The van der Waals surface area contributed by atoms with Crippen molar-refractivity contribution in [1.29, 1.82) is 0 Å². The van der Waals surface area contributed by atoms with Crippen molar-refractivity contribution in [2.75, 3.05) is 18.4 Å². The number of hydrogen-bond donors (Lipinski definition) is 1. The molecule has 34 heavy (non-hydrogen) atoms. The van der Waals surface area contributed by atoms with Gasteiger partial charge in [-0.1, -0.05) is 32.0 Å². The highest BCUT2D eigenvalue weighted by Crippen LogP contribution is 2.24. The molecule has 0 spiro atoms. The first-order valence-corrected chi connectivity index (χ1v) is 12.0. The molecule has 1 N–H and O–H groups in total. The van der Waals surface area contributed by atoms with Crippen LogP contribution < -0.4 is 5.32 Å². The summed E-state index contributed by atoms with van der Waals surface area (Å²) in [6, 6.07) is 10.2. The van der Waals surface area contributed by atoms with Crippen LogP contribution in [-0.2, 0) is 24.3 Å². The van der Waals surface area contributed by atoms with E-state index in [1.165, 1.54) is 41.6 Å². The number of nitrogens with one attached hydrogen (secondary N) is 1. The Morgan fingerprint density at radius 2 is 1.85 bits per heavy atom. The Morgan fingerprint density at radius 3 is 2.47 bits per heavy atom. The molecular weight excluding hydrogens is 462 g/mol. The van der Waals surface area contributed by atoms with E-state index in [-0.39, 0.29) is 16.3 Å². The number of carbonyl (C=O) groups is 2. The molecular formula is C23H27N3O7S. The lowest BCUT2D eigenvalue weighted by Crippen LogP contribution is -2.31. The maximum absolute atomic E-state index is 12.9. The van der Waals surface area contributed by atoms with Crippen LogP contribution >= 0.6 is 0 Å². The van der Waals surface area contributed by atoms with Crippen LogP contribution in [0.3, 0.4) is 0 Å². The molecule has 0 aliphatic heterocycles. The lowest BCUT2D eigenvalue weighted by Gasteiger charge is -2.20. The molecule has 11 heteroatoms. The zero-order valence-electron chi connectivity index (χ0n) is 19.3. The zero-order valence-corrected chi connectivity index (χ0v) is 20.2. The number of nitro groups is 1. The Bertz CT molecular complexity index is 1200.